The molecule has 1 atom stereocenters. The topological polar surface area (TPSA) is 132 Å². The second-order valence-corrected chi connectivity index (χ2v) is 7.99. The van der Waals surface area contributed by atoms with Gasteiger partial charge in [0.25, 0.3) is 0 Å². The summed E-state index contributed by atoms with van der Waals surface area (Å²) >= 11 is 0. The van der Waals surface area contributed by atoms with Gasteiger partial charge in [0.1, 0.15) is 5.52 Å². The Bertz CT molecular complexity index is 1080. The molecule has 10 heteroatoms. The number of ether oxygens (including phenoxy) is 1. The van der Waals surface area contributed by atoms with Crippen LogP contribution in [-0.2, 0) is 14.8 Å². The van der Waals surface area contributed by atoms with Crippen LogP contribution in [0.15, 0.2) is 47.6 Å². The summed E-state index contributed by atoms with van der Waals surface area (Å²) in [5, 5.41) is 11.8. The van der Waals surface area contributed by atoms with Gasteiger partial charge in [0.05, 0.1) is 28.8 Å². The minimum Gasteiger partial charge on any atom is -0.374 e. The molecule has 1 unspecified atom stereocenters. The molecule has 0 amide bonds. The van der Waals surface area contributed by atoms with Crippen molar-refractivity contribution in [3.05, 3.63) is 42.7 Å². The number of primary sulfonamides is 1. The molecule has 2 aromatic heterocycles. The Labute approximate surface area is 162 Å². The number of hydrogen-bond acceptors (Lipinski definition) is 8. The van der Waals surface area contributed by atoms with Crippen LogP contribution in [0.2, 0.25) is 0 Å². The number of anilines is 1. The third-order valence-corrected chi connectivity index (χ3v) is 5.37. The predicted molar refractivity (Wildman–Crippen MR) is 105 cm³/mol. The number of hydrogen-bond donors (Lipinski definition) is 3. The number of nitrogens with one attached hydrogen (secondary N) is 2. The van der Waals surface area contributed by atoms with E-state index in [-0.39, 0.29) is 11.0 Å². The van der Waals surface area contributed by atoms with E-state index in [9.17, 15) is 8.42 Å². The second kappa shape index (κ2) is 7.76. The van der Waals surface area contributed by atoms with E-state index in [4.69, 9.17) is 9.88 Å². The minimum absolute atomic E-state index is 0.0416. The molecule has 4 N–H and O–H groups in total. The Hall–Kier alpha value is -2.66. The van der Waals surface area contributed by atoms with Gasteiger partial charge in [-0.1, -0.05) is 12.1 Å². The Kier molecular flexibility index (Phi) is 5.18. The van der Waals surface area contributed by atoms with E-state index in [1.807, 2.05) is 6.07 Å². The molecule has 1 aliphatic heterocycles. The minimum atomic E-state index is -3.74. The molecule has 3 aromatic rings. The number of fused-ring (bicyclic) bond motifs is 1. The maximum Gasteiger partial charge on any atom is 0.238 e. The molecule has 4 rings (SSSR count). The number of nitrogens with two attached hydrogens (primary N) is 1. The first-order valence-corrected chi connectivity index (χ1v) is 10.4. The summed E-state index contributed by atoms with van der Waals surface area (Å²) in [6, 6.07) is 8.08. The molecule has 1 aliphatic rings. The summed E-state index contributed by atoms with van der Waals surface area (Å²) in [5.41, 5.74) is 2.75. The van der Waals surface area contributed by atoms with Crippen molar-refractivity contribution >= 4 is 26.9 Å². The van der Waals surface area contributed by atoms with Crippen molar-refractivity contribution in [3.63, 3.8) is 0 Å². The lowest BCUT2D eigenvalue weighted by Crippen LogP contribution is -2.42. The molecule has 1 aromatic carbocycles. The fraction of sp³-hybridized carbons (Fsp3) is 0.278. The zero-order valence-corrected chi connectivity index (χ0v) is 15.8. The van der Waals surface area contributed by atoms with Crippen molar-refractivity contribution < 1.29 is 13.2 Å². The van der Waals surface area contributed by atoms with Crippen molar-refractivity contribution in [2.45, 2.75) is 11.0 Å². The van der Waals surface area contributed by atoms with Crippen molar-refractivity contribution in [2.75, 3.05) is 31.6 Å². The zero-order valence-electron chi connectivity index (χ0n) is 15.0. The molecule has 1 saturated heterocycles. The Morgan fingerprint density at radius 1 is 1.21 bits per heavy atom. The number of benzene rings is 1. The smallest absolute Gasteiger partial charge is 0.238 e. The monoisotopic (exact) mass is 400 g/mol. The first-order valence-electron chi connectivity index (χ1n) is 8.82. The second-order valence-electron chi connectivity index (χ2n) is 6.43. The van der Waals surface area contributed by atoms with Gasteiger partial charge >= 0.3 is 0 Å². The number of rotatable bonds is 5. The van der Waals surface area contributed by atoms with Crippen LogP contribution in [0.3, 0.4) is 0 Å². The van der Waals surface area contributed by atoms with Crippen molar-refractivity contribution in [2.24, 2.45) is 5.14 Å². The summed E-state index contributed by atoms with van der Waals surface area (Å²) < 4.78 is 28.6. The number of aromatic nitrogens is 3. The summed E-state index contributed by atoms with van der Waals surface area (Å²) in [5.74, 6) is 0.602. The lowest BCUT2D eigenvalue weighted by molar-refractivity contribution is 0.0372. The van der Waals surface area contributed by atoms with Crippen LogP contribution >= 0.6 is 0 Å². The van der Waals surface area contributed by atoms with Gasteiger partial charge in [-0.2, -0.15) is 0 Å². The molecule has 9 nitrogen and oxygen atoms in total. The van der Waals surface area contributed by atoms with Crippen molar-refractivity contribution in [1.29, 1.82) is 0 Å². The van der Waals surface area contributed by atoms with Gasteiger partial charge in [0.15, 0.2) is 5.82 Å². The van der Waals surface area contributed by atoms with E-state index in [2.05, 4.69) is 25.6 Å². The largest absolute Gasteiger partial charge is 0.374 e. The number of sulfonamides is 1. The maximum absolute atomic E-state index is 11.5. The van der Waals surface area contributed by atoms with E-state index in [0.29, 0.717) is 35.7 Å². The van der Waals surface area contributed by atoms with Crippen LogP contribution in [0.1, 0.15) is 0 Å². The zero-order chi connectivity index (χ0) is 19.6. The molecular formula is C18H20N6O3S. The molecule has 3 heterocycles. The standard InChI is InChI=1S/C18H20N6O3S/c19-28(25,26)14-3-1-12(2-4-14)15-9-16-17(22-6-5-21-16)18(24-15)23-11-13-10-20-7-8-27-13/h1-6,9,13,20H,7-8,10-11H2,(H,23,24)(H2,19,25,26). The van der Waals surface area contributed by atoms with E-state index in [1.54, 1.807) is 24.5 Å². The number of nitrogens with zero attached hydrogens (tertiary/aromatic N) is 3. The van der Waals surface area contributed by atoms with Crippen LogP contribution in [-0.4, -0.2) is 55.7 Å². The molecule has 28 heavy (non-hydrogen) atoms. The van der Waals surface area contributed by atoms with Crippen LogP contribution in [0.5, 0.6) is 0 Å². The van der Waals surface area contributed by atoms with Gasteiger partial charge in [0.2, 0.25) is 10.0 Å². The first kappa shape index (κ1) is 18.7. The van der Waals surface area contributed by atoms with Gasteiger partial charge in [-0.05, 0) is 18.2 Å². The molecule has 0 saturated carbocycles. The average Bonchev–Trinajstić information content (AvgIpc) is 2.72. The Morgan fingerprint density at radius 3 is 2.71 bits per heavy atom. The molecule has 0 spiro atoms. The first-order chi connectivity index (χ1) is 13.5. The Morgan fingerprint density at radius 2 is 2.00 bits per heavy atom. The lowest BCUT2D eigenvalue weighted by atomic mass is 10.1. The van der Waals surface area contributed by atoms with E-state index >= 15 is 0 Å². The van der Waals surface area contributed by atoms with Gasteiger partial charge < -0.3 is 15.4 Å². The van der Waals surface area contributed by atoms with Crippen LogP contribution in [0.4, 0.5) is 5.82 Å². The molecular weight excluding hydrogens is 380 g/mol. The number of morpholine rings is 1. The van der Waals surface area contributed by atoms with Gasteiger partial charge in [-0.25, -0.2) is 23.5 Å². The van der Waals surface area contributed by atoms with E-state index in [1.165, 1.54) is 12.1 Å². The Balaban J connectivity index is 1.67. The fourth-order valence-corrected chi connectivity index (χ4v) is 3.54. The highest BCUT2D eigenvalue weighted by Crippen LogP contribution is 2.26. The quantitative estimate of drug-likeness (QED) is 0.571. The SMILES string of the molecule is NS(=O)(=O)c1ccc(-c2cc3nccnc3c(NCC3CNCCO3)n2)cc1. The highest BCUT2D eigenvalue weighted by atomic mass is 32.2. The van der Waals surface area contributed by atoms with Crippen molar-refractivity contribution in [3.8, 4) is 11.3 Å². The third-order valence-electron chi connectivity index (χ3n) is 4.44. The van der Waals surface area contributed by atoms with Crippen LogP contribution in [0.25, 0.3) is 22.3 Å². The van der Waals surface area contributed by atoms with Gasteiger partial charge in [0, 0.05) is 37.6 Å². The van der Waals surface area contributed by atoms with E-state index in [0.717, 1.165) is 18.7 Å². The van der Waals surface area contributed by atoms with Gasteiger partial charge in [-0.3, -0.25) is 4.98 Å². The summed E-state index contributed by atoms with van der Waals surface area (Å²) in [7, 11) is -3.74. The highest BCUT2D eigenvalue weighted by molar-refractivity contribution is 7.89. The lowest BCUT2D eigenvalue weighted by Gasteiger charge is -2.24. The summed E-state index contributed by atoms with van der Waals surface area (Å²) in [4.78, 5) is 13.5. The van der Waals surface area contributed by atoms with Crippen molar-refractivity contribution in [1.82, 2.24) is 20.3 Å². The third kappa shape index (κ3) is 4.09. The highest BCUT2D eigenvalue weighted by Gasteiger charge is 2.16. The summed E-state index contributed by atoms with van der Waals surface area (Å²) in [6.07, 6.45) is 3.28. The molecule has 146 valence electrons. The molecule has 0 bridgehead atoms. The maximum atomic E-state index is 11.5. The van der Waals surface area contributed by atoms with Crippen LogP contribution in [0, 0.1) is 0 Å². The average molecular weight is 400 g/mol. The molecule has 1 fully saturated rings. The fourth-order valence-electron chi connectivity index (χ4n) is 3.02. The predicted octanol–water partition coefficient (Wildman–Crippen LogP) is 0.740. The normalized spacial score (nSPS) is 17.5. The molecule has 0 aliphatic carbocycles. The summed E-state index contributed by atoms with van der Waals surface area (Å²) in [6.45, 7) is 2.88. The number of pyridine rings is 1. The van der Waals surface area contributed by atoms with Crippen LogP contribution < -0.4 is 15.8 Å². The molecule has 0 radical (unpaired) electrons. The van der Waals surface area contributed by atoms with Gasteiger partial charge in [-0.15, -0.1) is 0 Å². The van der Waals surface area contributed by atoms with E-state index < -0.39 is 10.0 Å².